The molecule has 1 saturated carbocycles. The van der Waals surface area contributed by atoms with Crippen LogP contribution in [0.4, 0.5) is 5.82 Å². The molecule has 6 nitrogen and oxygen atoms in total. The molecule has 0 N–H and O–H groups in total. The average molecular weight is 348 g/mol. The van der Waals surface area contributed by atoms with Gasteiger partial charge in [-0.1, -0.05) is 0 Å². The number of hydrogen-bond acceptors (Lipinski definition) is 5. The minimum Gasteiger partial charge on any atom is -0.381 e. The van der Waals surface area contributed by atoms with E-state index in [9.17, 15) is 0 Å². The minimum absolute atomic E-state index is 0.412. The predicted octanol–water partition coefficient (Wildman–Crippen LogP) is 2.31. The normalized spacial score (nSPS) is 29.8. The van der Waals surface area contributed by atoms with Crippen LogP contribution < -0.4 is 4.90 Å². The lowest BCUT2D eigenvalue weighted by atomic mass is 9.91. The largest absolute Gasteiger partial charge is 0.381 e. The van der Waals surface area contributed by atoms with E-state index in [2.05, 4.69) is 32.6 Å². The van der Waals surface area contributed by atoms with Crippen LogP contribution in [0.5, 0.6) is 0 Å². The third kappa shape index (κ3) is 4.01. The van der Waals surface area contributed by atoms with E-state index in [1.165, 1.54) is 25.9 Å². The van der Waals surface area contributed by atoms with Gasteiger partial charge in [0.2, 0.25) is 0 Å². The Hall–Kier alpha value is -1.11. The molecule has 25 heavy (non-hydrogen) atoms. The van der Waals surface area contributed by atoms with Crippen LogP contribution in [0.15, 0.2) is 12.5 Å². The Bertz CT molecular complexity index is 541. The van der Waals surface area contributed by atoms with E-state index in [0.29, 0.717) is 24.4 Å². The van der Waals surface area contributed by atoms with Crippen LogP contribution >= 0.6 is 0 Å². The van der Waals surface area contributed by atoms with Gasteiger partial charge in [0.25, 0.3) is 0 Å². The molecular weight excluding hydrogens is 316 g/mol. The monoisotopic (exact) mass is 348 g/mol. The SMILES string of the molecule is CO[C@H]1C[C@H](OC2CCN(c3cn(C4CCN(C)CC4)cn3)CC2)C1. The van der Waals surface area contributed by atoms with Crippen molar-refractivity contribution >= 4 is 5.82 Å². The van der Waals surface area contributed by atoms with Crippen LogP contribution in [0.1, 0.15) is 44.6 Å². The molecule has 140 valence electrons. The van der Waals surface area contributed by atoms with Gasteiger partial charge in [-0.25, -0.2) is 4.98 Å². The van der Waals surface area contributed by atoms with E-state index in [1.54, 1.807) is 7.11 Å². The van der Waals surface area contributed by atoms with E-state index in [-0.39, 0.29) is 0 Å². The van der Waals surface area contributed by atoms with E-state index in [4.69, 9.17) is 9.47 Å². The molecule has 1 aromatic rings. The zero-order valence-electron chi connectivity index (χ0n) is 15.6. The van der Waals surface area contributed by atoms with Crippen molar-refractivity contribution in [3.63, 3.8) is 0 Å². The van der Waals surface area contributed by atoms with Gasteiger partial charge in [-0.2, -0.15) is 0 Å². The highest BCUT2D eigenvalue weighted by molar-refractivity contribution is 5.36. The van der Waals surface area contributed by atoms with Crippen molar-refractivity contribution in [2.75, 3.05) is 45.2 Å². The van der Waals surface area contributed by atoms with Gasteiger partial charge in [0.05, 0.1) is 24.6 Å². The first-order chi connectivity index (χ1) is 12.2. The van der Waals surface area contributed by atoms with Gasteiger partial charge in [0.15, 0.2) is 0 Å². The number of nitrogens with zero attached hydrogens (tertiary/aromatic N) is 4. The summed E-state index contributed by atoms with van der Waals surface area (Å²) in [7, 11) is 4.00. The molecule has 0 bridgehead atoms. The molecule has 1 aliphatic carbocycles. The fourth-order valence-electron chi connectivity index (χ4n) is 4.30. The summed E-state index contributed by atoms with van der Waals surface area (Å²) in [4.78, 5) is 9.52. The zero-order chi connectivity index (χ0) is 17.2. The van der Waals surface area contributed by atoms with Crippen molar-refractivity contribution in [1.29, 1.82) is 0 Å². The molecular formula is C19H32N4O2. The van der Waals surface area contributed by atoms with Gasteiger partial charge < -0.3 is 23.8 Å². The number of anilines is 1. The first-order valence-corrected chi connectivity index (χ1v) is 9.86. The highest BCUT2D eigenvalue weighted by atomic mass is 16.5. The van der Waals surface area contributed by atoms with Crippen LogP contribution in [0.3, 0.4) is 0 Å². The maximum Gasteiger partial charge on any atom is 0.146 e. The molecule has 0 spiro atoms. The van der Waals surface area contributed by atoms with Crippen molar-refractivity contribution in [1.82, 2.24) is 14.5 Å². The van der Waals surface area contributed by atoms with Crippen LogP contribution in [0, 0.1) is 0 Å². The molecule has 2 saturated heterocycles. The van der Waals surface area contributed by atoms with E-state index in [1.807, 2.05) is 6.33 Å². The molecule has 0 unspecified atom stereocenters. The second-order valence-corrected chi connectivity index (χ2v) is 7.99. The molecule has 0 aromatic carbocycles. The fourth-order valence-corrected chi connectivity index (χ4v) is 4.30. The van der Waals surface area contributed by atoms with Gasteiger partial charge in [-0.15, -0.1) is 0 Å². The Morgan fingerprint density at radius 1 is 0.960 bits per heavy atom. The summed E-state index contributed by atoms with van der Waals surface area (Å²) >= 11 is 0. The summed E-state index contributed by atoms with van der Waals surface area (Å²) in [5.41, 5.74) is 0. The number of ether oxygens (including phenoxy) is 2. The summed E-state index contributed by atoms with van der Waals surface area (Å²) in [6.07, 6.45) is 12.4. The third-order valence-corrected chi connectivity index (χ3v) is 6.23. The number of piperidine rings is 2. The van der Waals surface area contributed by atoms with Gasteiger partial charge in [0, 0.05) is 32.4 Å². The summed E-state index contributed by atoms with van der Waals surface area (Å²) < 4.78 is 13.9. The van der Waals surface area contributed by atoms with E-state index >= 15 is 0 Å². The number of hydrogen-bond donors (Lipinski definition) is 0. The average Bonchev–Trinajstić information content (AvgIpc) is 3.09. The molecule has 3 fully saturated rings. The molecule has 0 amide bonds. The van der Waals surface area contributed by atoms with E-state index < -0.39 is 0 Å². The number of rotatable bonds is 5. The summed E-state index contributed by atoms with van der Waals surface area (Å²) in [5, 5.41) is 0. The minimum atomic E-state index is 0.412. The lowest BCUT2D eigenvalue weighted by Gasteiger charge is -2.39. The number of imidazole rings is 1. The smallest absolute Gasteiger partial charge is 0.146 e. The molecule has 4 rings (SSSR count). The summed E-state index contributed by atoms with van der Waals surface area (Å²) in [5.74, 6) is 1.14. The van der Waals surface area contributed by atoms with Crippen LogP contribution in [0.2, 0.25) is 0 Å². The molecule has 3 aliphatic rings. The number of aromatic nitrogens is 2. The Kier molecular flexibility index (Phi) is 5.29. The van der Waals surface area contributed by atoms with Gasteiger partial charge >= 0.3 is 0 Å². The molecule has 2 aliphatic heterocycles. The molecule has 0 radical (unpaired) electrons. The quantitative estimate of drug-likeness (QED) is 0.817. The first kappa shape index (κ1) is 17.3. The topological polar surface area (TPSA) is 42.8 Å². The molecule has 3 heterocycles. The highest BCUT2D eigenvalue weighted by Crippen LogP contribution is 2.30. The molecule has 1 aromatic heterocycles. The highest BCUT2D eigenvalue weighted by Gasteiger charge is 2.33. The Morgan fingerprint density at radius 2 is 1.68 bits per heavy atom. The first-order valence-electron chi connectivity index (χ1n) is 9.86. The summed E-state index contributed by atoms with van der Waals surface area (Å²) in [6, 6.07) is 0.616. The molecule has 6 heteroatoms. The Balaban J connectivity index is 1.24. The zero-order valence-corrected chi connectivity index (χ0v) is 15.6. The summed E-state index contributed by atoms with van der Waals surface area (Å²) in [6.45, 7) is 4.48. The van der Waals surface area contributed by atoms with Crippen molar-refractivity contribution in [2.45, 2.75) is 62.9 Å². The van der Waals surface area contributed by atoms with Crippen LogP contribution in [0.25, 0.3) is 0 Å². The van der Waals surface area contributed by atoms with E-state index in [0.717, 1.165) is 44.6 Å². The maximum absolute atomic E-state index is 6.22. The fraction of sp³-hybridized carbons (Fsp3) is 0.842. The Labute approximate surface area is 151 Å². The van der Waals surface area contributed by atoms with Crippen molar-refractivity contribution in [2.24, 2.45) is 0 Å². The number of methoxy groups -OCH3 is 1. The van der Waals surface area contributed by atoms with Gasteiger partial charge in [-0.05, 0) is 58.7 Å². The van der Waals surface area contributed by atoms with Crippen LogP contribution in [-0.2, 0) is 9.47 Å². The predicted molar refractivity (Wildman–Crippen MR) is 98.1 cm³/mol. The van der Waals surface area contributed by atoms with Gasteiger partial charge in [-0.3, -0.25) is 0 Å². The third-order valence-electron chi connectivity index (χ3n) is 6.23. The van der Waals surface area contributed by atoms with Crippen molar-refractivity contribution in [3.8, 4) is 0 Å². The Morgan fingerprint density at radius 3 is 2.36 bits per heavy atom. The van der Waals surface area contributed by atoms with Crippen molar-refractivity contribution in [3.05, 3.63) is 12.5 Å². The second-order valence-electron chi connectivity index (χ2n) is 7.99. The molecule has 0 atom stereocenters. The van der Waals surface area contributed by atoms with Crippen molar-refractivity contribution < 1.29 is 9.47 Å². The number of likely N-dealkylation sites (tertiary alicyclic amines) is 1. The van der Waals surface area contributed by atoms with Crippen LogP contribution in [-0.4, -0.2) is 73.1 Å². The second kappa shape index (κ2) is 7.64. The lowest BCUT2D eigenvalue weighted by molar-refractivity contribution is -0.119. The standard InChI is InChI=1S/C19H32N4O2/c1-21-7-3-15(4-8-21)23-13-19(20-14-23)22-9-5-16(6-10-22)25-18-11-17(12-18)24-2/h13-18H,3-12H2,1-2H3/t17-,18-. The lowest BCUT2D eigenvalue weighted by Crippen LogP contribution is -2.43. The van der Waals surface area contributed by atoms with Gasteiger partial charge in [0.1, 0.15) is 5.82 Å². The maximum atomic E-state index is 6.22.